The summed E-state index contributed by atoms with van der Waals surface area (Å²) in [6.45, 7) is 0. The van der Waals surface area contributed by atoms with Gasteiger partial charge in [0.15, 0.2) is 0 Å². The van der Waals surface area contributed by atoms with Gasteiger partial charge in [-0.3, -0.25) is 10.1 Å². The maximum absolute atomic E-state index is 11.1. The maximum atomic E-state index is 11.1. The van der Waals surface area contributed by atoms with Gasteiger partial charge in [-0.05, 0) is 18.2 Å². The molecule has 0 unspecified atom stereocenters. The topological polar surface area (TPSA) is 103 Å². The zero-order valence-corrected chi connectivity index (χ0v) is 11.6. The Bertz CT molecular complexity index is 674. The largest absolute Gasteiger partial charge is 0.477 e. The highest BCUT2D eigenvalue weighted by molar-refractivity contribution is 6.30. The summed E-state index contributed by atoms with van der Waals surface area (Å²) in [6, 6.07) is 6.10. The molecule has 9 heteroatoms. The molecule has 108 valence electrons. The molecule has 0 saturated heterocycles. The van der Waals surface area contributed by atoms with E-state index in [1.807, 2.05) is 0 Å². The number of hydrogen-bond acceptors (Lipinski definition) is 5. The van der Waals surface area contributed by atoms with Gasteiger partial charge in [0.1, 0.15) is 10.7 Å². The third-order valence-corrected chi connectivity index (χ3v) is 2.83. The number of pyridine rings is 1. The molecule has 7 nitrogen and oxygen atoms in total. The lowest BCUT2D eigenvalue weighted by Gasteiger charge is -2.08. The monoisotopic (exact) mass is 328 g/mol. The van der Waals surface area contributed by atoms with Crippen LogP contribution in [-0.2, 0) is 0 Å². The Morgan fingerprint density at radius 3 is 2.62 bits per heavy atom. The number of nitro groups is 1. The number of nitrogens with zero attached hydrogens (tertiary/aromatic N) is 2. The zero-order chi connectivity index (χ0) is 15.6. The van der Waals surface area contributed by atoms with Crippen molar-refractivity contribution in [2.45, 2.75) is 0 Å². The van der Waals surface area contributed by atoms with E-state index in [0.717, 1.165) is 6.07 Å². The number of carboxylic acid groups (broad SMARTS) is 1. The second-order valence-electron chi connectivity index (χ2n) is 3.76. The van der Waals surface area contributed by atoms with Crippen LogP contribution in [0.25, 0.3) is 0 Å². The lowest BCUT2D eigenvalue weighted by atomic mass is 10.2. The molecule has 1 N–H and O–H groups in total. The number of aromatic carboxylic acids is 1. The number of ether oxygens (including phenoxy) is 1. The molecule has 21 heavy (non-hydrogen) atoms. The van der Waals surface area contributed by atoms with E-state index >= 15 is 0 Å². The molecule has 1 heterocycles. The number of aromatic nitrogens is 1. The molecule has 2 rings (SSSR count). The fourth-order valence-electron chi connectivity index (χ4n) is 1.48. The second kappa shape index (κ2) is 5.94. The van der Waals surface area contributed by atoms with Gasteiger partial charge < -0.3 is 9.84 Å². The molecule has 0 fully saturated rings. The SMILES string of the molecule is O=C(O)c1ccc(Cl)nc1Oc1cc(Cl)ccc1[N+](=O)[O-]. The molecular formula is C12H6Cl2N2O5. The summed E-state index contributed by atoms with van der Waals surface area (Å²) in [5, 5.41) is 20.1. The smallest absolute Gasteiger partial charge is 0.341 e. The molecule has 0 radical (unpaired) electrons. The molecule has 0 bridgehead atoms. The third-order valence-electron chi connectivity index (χ3n) is 2.38. The minimum atomic E-state index is -1.31. The van der Waals surface area contributed by atoms with E-state index in [0.29, 0.717) is 0 Å². The summed E-state index contributed by atoms with van der Waals surface area (Å²) in [6.07, 6.45) is 0. The van der Waals surface area contributed by atoms with Gasteiger partial charge in [-0.2, -0.15) is 0 Å². The van der Waals surface area contributed by atoms with E-state index in [2.05, 4.69) is 4.98 Å². The van der Waals surface area contributed by atoms with E-state index < -0.39 is 10.9 Å². The lowest BCUT2D eigenvalue weighted by Crippen LogP contribution is -2.03. The summed E-state index contributed by atoms with van der Waals surface area (Å²) in [4.78, 5) is 25.0. The molecule has 0 amide bonds. The summed E-state index contributed by atoms with van der Waals surface area (Å²) in [5.74, 6) is -1.90. The molecular weight excluding hydrogens is 323 g/mol. The minimum absolute atomic E-state index is 0.0142. The number of halogens is 2. The van der Waals surface area contributed by atoms with Crippen molar-refractivity contribution in [3.8, 4) is 11.6 Å². The lowest BCUT2D eigenvalue weighted by molar-refractivity contribution is -0.385. The molecule has 0 aliphatic heterocycles. The number of rotatable bonds is 4. The summed E-state index contributed by atoms with van der Waals surface area (Å²) >= 11 is 11.4. The van der Waals surface area contributed by atoms with Gasteiger partial charge in [0.25, 0.3) is 0 Å². The normalized spacial score (nSPS) is 10.2. The fraction of sp³-hybridized carbons (Fsp3) is 0. The predicted octanol–water partition coefficient (Wildman–Crippen LogP) is 3.79. The van der Waals surface area contributed by atoms with Crippen molar-refractivity contribution in [1.82, 2.24) is 4.98 Å². The minimum Gasteiger partial charge on any atom is -0.477 e. The van der Waals surface area contributed by atoms with E-state index in [4.69, 9.17) is 33.0 Å². The van der Waals surface area contributed by atoms with Crippen LogP contribution < -0.4 is 4.74 Å². The quantitative estimate of drug-likeness (QED) is 0.520. The first-order valence-electron chi connectivity index (χ1n) is 5.40. The molecule has 1 aromatic heterocycles. The van der Waals surface area contributed by atoms with Crippen LogP contribution in [0.5, 0.6) is 11.6 Å². The average molecular weight is 329 g/mol. The highest BCUT2D eigenvalue weighted by Crippen LogP contribution is 2.34. The van der Waals surface area contributed by atoms with Crippen LogP contribution in [0.1, 0.15) is 10.4 Å². The van der Waals surface area contributed by atoms with Crippen LogP contribution in [0.4, 0.5) is 5.69 Å². The van der Waals surface area contributed by atoms with Gasteiger partial charge in [0, 0.05) is 17.2 Å². The van der Waals surface area contributed by atoms with E-state index in [1.165, 1.54) is 24.3 Å². The molecule has 0 saturated carbocycles. The van der Waals surface area contributed by atoms with Crippen LogP contribution in [0, 0.1) is 10.1 Å². The van der Waals surface area contributed by atoms with Gasteiger partial charge in [0.2, 0.25) is 11.6 Å². The highest BCUT2D eigenvalue weighted by Gasteiger charge is 2.20. The summed E-state index contributed by atoms with van der Waals surface area (Å²) in [5.41, 5.74) is -0.661. The Kier molecular flexibility index (Phi) is 4.25. The molecule has 0 aliphatic rings. The number of hydrogen-bond donors (Lipinski definition) is 1. The standard InChI is InChI=1S/C12H6Cl2N2O5/c13-6-1-3-8(16(19)20)9(5-6)21-11-7(12(17)18)2-4-10(14)15-11/h1-5H,(H,17,18). The second-order valence-corrected chi connectivity index (χ2v) is 4.59. The van der Waals surface area contributed by atoms with Gasteiger partial charge in [-0.25, -0.2) is 9.78 Å². The van der Waals surface area contributed by atoms with Gasteiger partial charge in [0.05, 0.1) is 4.92 Å². The third kappa shape index (κ3) is 3.39. The predicted molar refractivity (Wildman–Crippen MR) is 74.4 cm³/mol. The van der Waals surface area contributed by atoms with Crippen LogP contribution in [-0.4, -0.2) is 21.0 Å². The van der Waals surface area contributed by atoms with Gasteiger partial charge >= 0.3 is 11.7 Å². The number of carbonyl (C=O) groups is 1. The first-order valence-corrected chi connectivity index (χ1v) is 6.15. The van der Waals surface area contributed by atoms with Crippen LogP contribution >= 0.6 is 23.2 Å². The Morgan fingerprint density at radius 1 is 1.29 bits per heavy atom. The van der Waals surface area contributed by atoms with Crippen LogP contribution in [0.3, 0.4) is 0 Å². The van der Waals surface area contributed by atoms with Gasteiger partial charge in [-0.1, -0.05) is 23.2 Å². The van der Waals surface area contributed by atoms with Crippen molar-refractivity contribution in [1.29, 1.82) is 0 Å². The van der Waals surface area contributed by atoms with E-state index in [9.17, 15) is 14.9 Å². The van der Waals surface area contributed by atoms with Crippen LogP contribution in [0.15, 0.2) is 30.3 Å². The fourth-order valence-corrected chi connectivity index (χ4v) is 1.78. The van der Waals surface area contributed by atoms with Crippen molar-refractivity contribution < 1.29 is 19.6 Å². The average Bonchev–Trinajstić information content (AvgIpc) is 2.38. The van der Waals surface area contributed by atoms with E-state index in [-0.39, 0.29) is 33.1 Å². The van der Waals surface area contributed by atoms with Crippen LogP contribution in [0.2, 0.25) is 10.2 Å². The molecule has 2 aromatic rings. The molecule has 0 atom stereocenters. The Morgan fingerprint density at radius 2 is 2.00 bits per heavy atom. The van der Waals surface area contributed by atoms with Crippen molar-refractivity contribution in [3.05, 3.63) is 56.2 Å². The van der Waals surface area contributed by atoms with Crippen molar-refractivity contribution in [3.63, 3.8) is 0 Å². The summed E-state index contributed by atoms with van der Waals surface area (Å²) in [7, 11) is 0. The van der Waals surface area contributed by atoms with Crippen molar-refractivity contribution in [2.24, 2.45) is 0 Å². The zero-order valence-electron chi connectivity index (χ0n) is 10.1. The first-order chi connectivity index (χ1) is 9.88. The first kappa shape index (κ1) is 15.0. The number of carboxylic acids is 1. The van der Waals surface area contributed by atoms with Crippen molar-refractivity contribution >= 4 is 34.9 Å². The van der Waals surface area contributed by atoms with E-state index in [1.54, 1.807) is 0 Å². The number of nitro benzene ring substituents is 1. The highest BCUT2D eigenvalue weighted by atomic mass is 35.5. The Hall–Kier alpha value is -2.38. The van der Waals surface area contributed by atoms with Gasteiger partial charge in [-0.15, -0.1) is 0 Å². The molecule has 0 spiro atoms. The molecule has 1 aromatic carbocycles. The molecule has 0 aliphatic carbocycles. The maximum Gasteiger partial charge on any atom is 0.341 e. The summed E-state index contributed by atoms with van der Waals surface area (Å²) < 4.78 is 5.22. The Balaban J connectivity index is 2.52. The Labute approximate surface area is 127 Å². The van der Waals surface area contributed by atoms with Crippen molar-refractivity contribution in [2.75, 3.05) is 0 Å². The number of benzene rings is 1.